The van der Waals surface area contributed by atoms with Crippen LogP contribution in [0, 0.1) is 5.92 Å². The maximum Gasteiger partial charge on any atom is 0.322 e. The molecule has 0 saturated carbocycles. The third-order valence-corrected chi connectivity index (χ3v) is 4.83. The number of ether oxygens (including phenoxy) is 1. The van der Waals surface area contributed by atoms with E-state index in [1.165, 1.54) is 18.4 Å². The lowest BCUT2D eigenvalue weighted by atomic mass is 9.99. The third kappa shape index (κ3) is 5.23. The van der Waals surface area contributed by atoms with Crippen molar-refractivity contribution in [1.29, 1.82) is 0 Å². The minimum Gasteiger partial charge on any atom is -0.468 e. The molecule has 1 N–H and O–H groups in total. The van der Waals surface area contributed by atoms with E-state index in [1.54, 1.807) is 0 Å². The number of rotatable bonds is 7. The molecule has 4 heteroatoms. The molecule has 1 aromatic rings. The van der Waals surface area contributed by atoms with Crippen molar-refractivity contribution in [2.45, 2.75) is 58.5 Å². The molecule has 0 aliphatic carbocycles. The molecule has 0 radical (unpaired) electrons. The topological polar surface area (TPSA) is 41.6 Å². The SMILES string of the molecule is CCc1ccc(N2CCC(N[C@H](CC(C)C)C(=O)OC)CC2)cc1. The minimum absolute atomic E-state index is 0.138. The maximum atomic E-state index is 12.0. The molecule has 0 bridgehead atoms. The first-order chi connectivity index (χ1) is 11.5. The number of methoxy groups -OCH3 is 1. The van der Waals surface area contributed by atoms with Crippen molar-refractivity contribution >= 4 is 11.7 Å². The molecule has 1 atom stereocenters. The number of aryl methyl sites for hydroxylation is 1. The van der Waals surface area contributed by atoms with E-state index in [9.17, 15) is 4.79 Å². The van der Waals surface area contributed by atoms with Crippen LogP contribution in [0.5, 0.6) is 0 Å². The van der Waals surface area contributed by atoms with Gasteiger partial charge in [0.05, 0.1) is 7.11 Å². The highest BCUT2D eigenvalue weighted by atomic mass is 16.5. The molecule has 134 valence electrons. The van der Waals surface area contributed by atoms with E-state index in [2.05, 4.69) is 55.3 Å². The Hall–Kier alpha value is -1.55. The number of anilines is 1. The molecule has 0 amide bonds. The summed E-state index contributed by atoms with van der Waals surface area (Å²) in [6.07, 6.45) is 4.02. The molecule has 4 nitrogen and oxygen atoms in total. The fraction of sp³-hybridized carbons (Fsp3) is 0.650. The molecule has 24 heavy (non-hydrogen) atoms. The average molecular weight is 332 g/mol. The first kappa shape index (κ1) is 18.8. The Bertz CT molecular complexity index is 505. The molecule has 1 aliphatic rings. The summed E-state index contributed by atoms with van der Waals surface area (Å²) in [5.41, 5.74) is 2.68. The van der Waals surface area contributed by atoms with Gasteiger partial charge in [-0.05, 0) is 49.3 Å². The number of nitrogens with one attached hydrogen (secondary N) is 1. The van der Waals surface area contributed by atoms with Crippen LogP contribution < -0.4 is 10.2 Å². The smallest absolute Gasteiger partial charge is 0.322 e. The Balaban J connectivity index is 1.87. The standard InChI is InChI=1S/C20H32N2O2/c1-5-16-6-8-18(9-7-16)22-12-10-17(11-13-22)21-19(14-15(2)3)20(23)24-4/h6-9,15,17,19,21H,5,10-14H2,1-4H3/t19-/m1/s1. The number of nitrogens with zero attached hydrogens (tertiary/aromatic N) is 1. The summed E-state index contributed by atoms with van der Waals surface area (Å²) in [5.74, 6) is 0.333. The summed E-state index contributed by atoms with van der Waals surface area (Å²) < 4.78 is 4.96. The van der Waals surface area contributed by atoms with Gasteiger partial charge < -0.3 is 15.0 Å². The average Bonchev–Trinajstić information content (AvgIpc) is 2.61. The van der Waals surface area contributed by atoms with E-state index in [0.717, 1.165) is 38.8 Å². The molecule has 0 spiro atoms. The molecule has 1 heterocycles. The number of hydrogen-bond acceptors (Lipinski definition) is 4. The summed E-state index contributed by atoms with van der Waals surface area (Å²) in [5, 5.41) is 3.53. The van der Waals surface area contributed by atoms with Gasteiger partial charge in [0.1, 0.15) is 6.04 Å². The number of esters is 1. The fourth-order valence-electron chi connectivity index (χ4n) is 3.38. The van der Waals surface area contributed by atoms with Crippen LogP contribution in [0.1, 0.15) is 45.6 Å². The minimum atomic E-state index is -0.185. The fourth-order valence-corrected chi connectivity index (χ4v) is 3.38. The van der Waals surface area contributed by atoms with Crippen LogP contribution in [-0.2, 0) is 16.0 Å². The second-order valence-corrected chi connectivity index (χ2v) is 7.15. The second kappa shape index (κ2) is 9.07. The van der Waals surface area contributed by atoms with Gasteiger partial charge in [-0.3, -0.25) is 4.79 Å². The zero-order valence-corrected chi connectivity index (χ0v) is 15.5. The molecule has 1 aliphatic heterocycles. The Morgan fingerprint density at radius 2 is 1.88 bits per heavy atom. The van der Waals surface area contributed by atoms with Crippen LogP contribution in [0.2, 0.25) is 0 Å². The number of carbonyl (C=O) groups is 1. The maximum absolute atomic E-state index is 12.0. The normalized spacial score (nSPS) is 17.1. The molecular weight excluding hydrogens is 300 g/mol. The quantitative estimate of drug-likeness (QED) is 0.777. The monoisotopic (exact) mass is 332 g/mol. The highest BCUT2D eigenvalue weighted by Crippen LogP contribution is 2.21. The van der Waals surface area contributed by atoms with Crippen LogP contribution in [-0.4, -0.2) is 38.3 Å². The lowest BCUT2D eigenvalue weighted by molar-refractivity contribution is -0.143. The van der Waals surface area contributed by atoms with Crippen molar-refractivity contribution in [2.75, 3.05) is 25.1 Å². The highest BCUT2D eigenvalue weighted by Gasteiger charge is 2.26. The molecule has 1 fully saturated rings. The Morgan fingerprint density at radius 3 is 2.38 bits per heavy atom. The molecule has 2 rings (SSSR count). The van der Waals surface area contributed by atoms with Gasteiger partial charge in [-0.15, -0.1) is 0 Å². The molecule has 0 unspecified atom stereocenters. The van der Waals surface area contributed by atoms with E-state index in [4.69, 9.17) is 4.74 Å². The number of benzene rings is 1. The van der Waals surface area contributed by atoms with E-state index >= 15 is 0 Å². The number of carbonyl (C=O) groups excluding carboxylic acids is 1. The van der Waals surface area contributed by atoms with Gasteiger partial charge in [-0.2, -0.15) is 0 Å². The Labute approximate surface area is 146 Å². The van der Waals surface area contributed by atoms with Crippen LogP contribution in [0.15, 0.2) is 24.3 Å². The van der Waals surface area contributed by atoms with E-state index < -0.39 is 0 Å². The number of piperidine rings is 1. The van der Waals surface area contributed by atoms with Crippen LogP contribution in [0.4, 0.5) is 5.69 Å². The summed E-state index contributed by atoms with van der Waals surface area (Å²) in [7, 11) is 1.47. The van der Waals surface area contributed by atoms with Crippen molar-refractivity contribution in [3.8, 4) is 0 Å². The van der Waals surface area contributed by atoms with Gasteiger partial charge in [0, 0.05) is 24.8 Å². The predicted octanol–water partition coefficient (Wildman–Crippen LogP) is 3.40. The van der Waals surface area contributed by atoms with Crippen molar-refractivity contribution in [2.24, 2.45) is 5.92 Å². The third-order valence-electron chi connectivity index (χ3n) is 4.83. The summed E-state index contributed by atoms with van der Waals surface area (Å²) in [6, 6.07) is 9.09. The summed E-state index contributed by atoms with van der Waals surface area (Å²) >= 11 is 0. The zero-order chi connectivity index (χ0) is 17.5. The van der Waals surface area contributed by atoms with Crippen molar-refractivity contribution in [3.05, 3.63) is 29.8 Å². The lowest BCUT2D eigenvalue weighted by Crippen LogP contribution is -2.49. The van der Waals surface area contributed by atoms with E-state index in [0.29, 0.717) is 12.0 Å². The van der Waals surface area contributed by atoms with Gasteiger partial charge in [0.2, 0.25) is 0 Å². The zero-order valence-electron chi connectivity index (χ0n) is 15.5. The van der Waals surface area contributed by atoms with Crippen molar-refractivity contribution in [3.63, 3.8) is 0 Å². The van der Waals surface area contributed by atoms with Gasteiger partial charge in [-0.1, -0.05) is 32.9 Å². The Morgan fingerprint density at radius 1 is 1.25 bits per heavy atom. The molecule has 1 aromatic carbocycles. The van der Waals surface area contributed by atoms with Gasteiger partial charge in [-0.25, -0.2) is 0 Å². The molecule has 0 aromatic heterocycles. The van der Waals surface area contributed by atoms with Crippen molar-refractivity contribution in [1.82, 2.24) is 5.32 Å². The summed E-state index contributed by atoms with van der Waals surface area (Å²) in [6.45, 7) is 8.51. The summed E-state index contributed by atoms with van der Waals surface area (Å²) in [4.78, 5) is 14.4. The highest BCUT2D eigenvalue weighted by molar-refractivity contribution is 5.75. The first-order valence-electron chi connectivity index (χ1n) is 9.21. The van der Waals surface area contributed by atoms with E-state index in [1.807, 2.05) is 0 Å². The van der Waals surface area contributed by atoms with E-state index in [-0.39, 0.29) is 12.0 Å². The Kier molecular flexibility index (Phi) is 7.10. The lowest BCUT2D eigenvalue weighted by Gasteiger charge is -2.35. The molecule has 1 saturated heterocycles. The van der Waals surface area contributed by atoms with Crippen LogP contribution in [0.3, 0.4) is 0 Å². The van der Waals surface area contributed by atoms with Crippen LogP contribution >= 0.6 is 0 Å². The van der Waals surface area contributed by atoms with Crippen molar-refractivity contribution < 1.29 is 9.53 Å². The van der Waals surface area contributed by atoms with Gasteiger partial charge >= 0.3 is 5.97 Å². The number of hydrogen-bond donors (Lipinski definition) is 1. The first-order valence-corrected chi connectivity index (χ1v) is 9.21. The predicted molar refractivity (Wildman–Crippen MR) is 99.4 cm³/mol. The van der Waals surface area contributed by atoms with Crippen LogP contribution in [0.25, 0.3) is 0 Å². The largest absolute Gasteiger partial charge is 0.468 e. The van der Waals surface area contributed by atoms with Gasteiger partial charge in [0.25, 0.3) is 0 Å². The van der Waals surface area contributed by atoms with Gasteiger partial charge in [0.15, 0.2) is 0 Å². The molecular formula is C20H32N2O2. The second-order valence-electron chi connectivity index (χ2n) is 7.15.